The molecule has 7 nitrogen and oxygen atoms in total. The second kappa shape index (κ2) is 5.80. The Hall–Kier alpha value is -2.96. The number of carbonyl (C=O) groups is 1. The van der Waals surface area contributed by atoms with E-state index in [2.05, 4.69) is 20.4 Å². The zero-order valence-corrected chi connectivity index (χ0v) is 12.3. The van der Waals surface area contributed by atoms with E-state index in [9.17, 15) is 4.79 Å². The number of anilines is 2. The molecule has 2 heterocycles. The van der Waals surface area contributed by atoms with E-state index in [1.807, 2.05) is 24.3 Å². The number of aryl methyl sites for hydroxylation is 1. The van der Waals surface area contributed by atoms with Crippen LogP contribution in [0.4, 0.5) is 11.6 Å². The number of benzene rings is 1. The van der Waals surface area contributed by atoms with Crippen LogP contribution in [0.5, 0.6) is 0 Å². The Morgan fingerprint density at radius 1 is 1.32 bits per heavy atom. The van der Waals surface area contributed by atoms with Crippen molar-refractivity contribution in [2.75, 3.05) is 23.8 Å². The smallest absolute Gasteiger partial charge is 0.245 e. The molecule has 1 aromatic carbocycles. The highest BCUT2D eigenvalue weighted by atomic mass is 16.5. The minimum absolute atomic E-state index is 0.138. The quantitative estimate of drug-likeness (QED) is 0.793. The molecule has 0 saturated heterocycles. The molecule has 1 N–H and O–H groups in total. The van der Waals surface area contributed by atoms with Crippen LogP contribution in [-0.4, -0.2) is 34.6 Å². The van der Waals surface area contributed by atoms with E-state index >= 15 is 0 Å². The number of fused-ring (bicyclic) bond motifs is 1. The molecule has 0 saturated carbocycles. The average Bonchev–Trinajstić information content (AvgIpc) is 2.91. The van der Waals surface area contributed by atoms with Gasteiger partial charge in [-0.3, -0.25) is 9.78 Å². The fourth-order valence-corrected chi connectivity index (χ4v) is 2.04. The zero-order valence-electron chi connectivity index (χ0n) is 12.3. The molecule has 112 valence electrons. The lowest BCUT2D eigenvalue weighted by Crippen LogP contribution is -2.30. The molecule has 0 aliphatic rings. The van der Waals surface area contributed by atoms with Gasteiger partial charge in [-0.2, -0.15) is 0 Å². The van der Waals surface area contributed by atoms with Gasteiger partial charge in [0.25, 0.3) is 0 Å². The van der Waals surface area contributed by atoms with Crippen LogP contribution in [0.3, 0.4) is 0 Å². The predicted octanol–water partition coefficient (Wildman–Crippen LogP) is 2.00. The molecule has 7 heteroatoms. The summed E-state index contributed by atoms with van der Waals surface area (Å²) in [6.07, 6.45) is 1.65. The summed E-state index contributed by atoms with van der Waals surface area (Å²) in [7, 11) is 1.78. The fraction of sp³-hybridized carbons (Fsp3) is 0.200. The molecule has 0 aliphatic heterocycles. The van der Waals surface area contributed by atoms with Gasteiger partial charge in [0.1, 0.15) is 11.6 Å². The second-order valence-electron chi connectivity index (χ2n) is 4.94. The minimum Gasteiger partial charge on any atom is -0.360 e. The van der Waals surface area contributed by atoms with Gasteiger partial charge in [0.2, 0.25) is 5.91 Å². The third kappa shape index (κ3) is 3.03. The van der Waals surface area contributed by atoms with Crippen molar-refractivity contribution in [3.8, 4) is 0 Å². The highest BCUT2D eigenvalue weighted by Crippen LogP contribution is 2.14. The number of amides is 1. The van der Waals surface area contributed by atoms with E-state index in [1.54, 1.807) is 31.1 Å². The highest BCUT2D eigenvalue weighted by Gasteiger charge is 2.11. The van der Waals surface area contributed by atoms with E-state index in [1.165, 1.54) is 0 Å². The minimum atomic E-state index is -0.203. The summed E-state index contributed by atoms with van der Waals surface area (Å²) in [5.41, 5.74) is 1.61. The second-order valence-corrected chi connectivity index (χ2v) is 4.94. The molecule has 3 aromatic rings. The zero-order chi connectivity index (χ0) is 15.5. The number of nitrogens with zero attached hydrogens (tertiary/aromatic N) is 4. The van der Waals surface area contributed by atoms with E-state index < -0.39 is 0 Å². The molecule has 0 fully saturated rings. The van der Waals surface area contributed by atoms with Gasteiger partial charge >= 0.3 is 0 Å². The Balaban J connectivity index is 1.69. The summed E-state index contributed by atoms with van der Waals surface area (Å²) in [5, 5.41) is 6.39. The number of aromatic nitrogens is 3. The lowest BCUT2D eigenvalue weighted by Gasteiger charge is -2.17. The van der Waals surface area contributed by atoms with Crippen molar-refractivity contribution in [1.82, 2.24) is 15.1 Å². The maximum absolute atomic E-state index is 12.0. The van der Waals surface area contributed by atoms with Crippen LogP contribution in [-0.2, 0) is 4.79 Å². The van der Waals surface area contributed by atoms with Crippen molar-refractivity contribution in [2.45, 2.75) is 6.92 Å². The van der Waals surface area contributed by atoms with Gasteiger partial charge in [-0.1, -0.05) is 17.3 Å². The van der Waals surface area contributed by atoms with Gasteiger partial charge < -0.3 is 14.7 Å². The van der Waals surface area contributed by atoms with Gasteiger partial charge in [0, 0.05) is 13.1 Å². The van der Waals surface area contributed by atoms with Gasteiger partial charge in [-0.05, 0) is 19.1 Å². The summed E-state index contributed by atoms with van der Waals surface area (Å²) >= 11 is 0. The Labute approximate surface area is 127 Å². The van der Waals surface area contributed by atoms with Crippen LogP contribution in [0, 0.1) is 6.92 Å². The van der Waals surface area contributed by atoms with Crippen molar-refractivity contribution < 1.29 is 9.32 Å². The largest absolute Gasteiger partial charge is 0.360 e. The molecule has 0 aliphatic carbocycles. The fourth-order valence-electron chi connectivity index (χ4n) is 2.04. The molecule has 0 bridgehead atoms. The van der Waals surface area contributed by atoms with E-state index in [4.69, 9.17) is 4.52 Å². The summed E-state index contributed by atoms with van der Waals surface area (Å²) in [6.45, 7) is 1.90. The molecule has 1 amide bonds. The standard InChI is InChI=1S/C15H15N5O2/c1-10-7-13(19-22-10)18-15(21)9-20(2)14-8-16-11-5-3-4-6-12(11)17-14/h3-8H,9H2,1-2H3,(H,18,19,21). The summed E-state index contributed by atoms with van der Waals surface area (Å²) in [6, 6.07) is 9.26. The number of hydrogen-bond acceptors (Lipinski definition) is 6. The topological polar surface area (TPSA) is 84.2 Å². The Bertz CT molecular complexity index is 814. The lowest BCUT2D eigenvalue weighted by molar-refractivity contribution is -0.115. The van der Waals surface area contributed by atoms with Crippen molar-refractivity contribution in [3.63, 3.8) is 0 Å². The molecule has 3 rings (SSSR count). The van der Waals surface area contributed by atoms with Crippen LogP contribution in [0.15, 0.2) is 41.1 Å². The first-order valence-corrected chi connectivity index (χ1v) is 6.78. The number of likely N-dealkylation sites (N-methyl/N-ethyl adjacent to an activating group) is 1. The maximum atomic E-state index is 12.0. The molecule has 0 atom stereocenters. The SMILES string of the molecule is Cc1cc(NC(=O)CN(C)c2cnc3ccccc3n2)no1. The van der Waals surface area contributed by atoms with Gasteiger partial charge in [-0.15, -0.1) is 0 Å². The Morgan fingerprint density at radius 3 is 2.82 bits per heavy atom. The van der Waals surface area contributed by atoms with Gasteiger partial charge in [0.05, 0.1) is 23.8 Å². The summed E-state index contributed by atoms with van der Waals surface area (Å²) in [5.74, 6) is 1.47. The molecular formula is C15H15N5O2. The van der Waals surface area contributed by atoms with Gasteiger partial charge in [-0.25, -0.2) is 4.98 Å². The first kappa shape index (κ1) is 14.0. The summed E-state index contributed by atoms with van der Waals surface area (Å²) in [4.78, 5) is 22.5. The van der Waals surface area contributed by atoms with Crippen molar-refractivity contribution >= 4 is 28.6 Å². The molecular weight excluding hydrogens is 282 g/mol. The highest BCUT2D eigenvalue weighted by molar-refractivity contribution is 5.93. The molecule has 22 heavy (non-hydrogen) atoms. The van der Waals surface area contributed by atoms with Crippen LogP contribution in [0.1, 0.15) is 5.76 Å². The van der Waals surface area contributed by atoms with Crippen LogP contribution < -0.4 is 10.2 Å². The Morgan fingerprint density at radius 2 is 2.09 bits per heavy atom. The lowest BCUT2D eigenvalue weighted by atomic mass is 10.3. The first-order valence-electron chi connectivity index (χ1n) is 6.78. The van der Waals surface area contributed by atoms with Crippen molar-refractivity contribution in [3.05, 3.63) is 42.3 Å². The van der Waals surface area contributed by atoms with Crippen LogP contribution in [0.25, 0.3) is 11.0 Å². The van der Waals surface area contributed by atoms with E-state index in [-0.39, 0.29) is 12.5 Å². The van der Waals surface area contributed by atoms with Crippen LogP contribution >= 0.6 is 0 Å². The number of nitrogens with one attached hydrogen (secondary N) is 1. The van der Waals surface area contributed by atoms with Crippen molar-refractivity contribution in [2.24, 2.45) is 0 Å². The number of rotatable bonds is 4. The third-order valence-electron chi connectivity index (χ3n) is 3.10. The maximum Gasteiger partial charge on any atom is 0.245 e. The number of carbonyl (C=O) groups excluding carboxylic acids is 1. The van der Waals surface area contributed by atoms with Gasteiger partial charge in [0.15, 0.2) is 5.82 Å². The monoisotopic (exact) mass is 297 g/mol. The van der Waals surface area contributed by atoms with Crippen LogP contribution in [0.2, 0.25) is 0 Å². The van der Waals surface area contributed by atoms with E-state index in [0.717, 1.165) is 11.0 Å². The number of para-hydroxylation sites is 2. The first-order chi connectivity index (χ1) is 10.6. The molecule has 0 spiro atoms. The summed E-state index contributed by atoms with van der Waals surface area (Å²) < 4.78 is 4.90. The normalized spacial score (nSPS) is 10.6. The Kier molecular flexibility index (Phi) is 3.69. The van der Waals surface area contributed by atoms with E-state index in [0.29, 0.717) is 17.4 Å². The average molecular weight is 297 g/mol. The third-order valence-corrected chi connectivity index (χ3v) is 3.10. The molecule has 2 aromatic heterocycles. The number of hydrogen-bond donors (Lipinski definition) is 1. The van der Waals surface area contributed by atoms with Crippen molar-refractivity contribution in [1.29, 1.82) is 0 Å². The predicted molar refractivity (Wildman–Crippen MR) is 82.7 cm³/mol. The molecule has 0 radical (unpaired) electrons. The molecule has 0 unspecified atom stereocenters.